The van der Waals surface area contributed by atoms with Crippen LogP contribution < -0.4 is 0 Å². The first-order chi connectivity index (χ1) is 7.29. The van der Waals surface area contributed by atoms with Gasteiger partial charge in [-0.3, -0.25) is 0 Å². The smallest absolute Gasteiger partial charge is 0.0125 e. The molecule has 1 rings (SSSR count). The van der Waals surface area contributed by atoms with E-state index in [9.17, 15) is 0 Å². The Morgan fingerprint density at radius 1 is 1.33 bits per heavy atom. The highest BCUT2D eigenvalue weighted by molar-refractivity contribution is 5.29. The van der Waals surface area contributed by atoms with E-state index in [1.54, 1.807) is 0 Å². The molecule has 1 unspecified atom stereocenters. The third kappa shape index (κ3) is 3.54. The van der Waals surface area contributed by atoms with Crippen molar-refractivity contribution in [3.8, 4) is 0 Å². The predicted molar refractivity (Wildman–Crippen MR) is 68.3 cm³/mol. The van der Waals surface area contributed by atoms with Gasteiger partial charge in [-0.2, -0.15) is 0 Å². The molecule has 0 aliphatic rings. The monoisotopic (exact) mass is 202 g/mol. The molecule has 0 radical (unpaired) electrons. The standard InChI is InChI=1S/C15H22/c1-4-6-11-14(9-5-2)15-12-8-7-10-13(15)3/h5,7-8,10,12,14H,2,4,6,9,11H2,1,3H3. The van der Waals surface area contributed by atoms with Gasteiger partial charge in [0.1, 0.15) is 0 Å². The molecule has 82 valence electrons. The van der Waals surface area contributed by atoms with Crippen LogP contribution in [0.1, 0.15) is 49.7 Å². The van der Waals surface area contributed by atoms with Crippen molar-refractivity contribution in [3.05, 3.63) is 48.0 Å². The lowest BCUT2D eigenvalue weighted by molar-refractivity contribution is 0.588. The molecule has 0 heterocycles. The first kappa shape index (κ1) is 12.0. The van der Waals surface area contributed by atoms with E-state index in [1.165, 1.54) is 30.4 Å². The van der Waals surface area contributed by atoms with E-state index < -0.39 is 0 Å². The largest absolute Gasteiger partial charge is 0.103 e. The highest BCUT2D eigenvalue weighted by Gasteiger charge is 2.10. The quantitative estimate of drug-likeness (QED) is 0.579. The SMILES string of the molecule is C=CCC(CCCC)c1ccccc1C. The number of hydrogen-bond acceptors (Lipinski definition) is 0. The van der Waals surface area contributed by atoms with Crippen LogP contribution in [0.3, 0.4) is 0 Å². The van der Waals surface area contributed by atoms with Gasteiger partial charge in [0.2, 0.25) is 0 Å². The maximum atomic E-state index is 3.86. The molecule has 0 saturated heterocycles. The Morgan fingerprint density at radius 2 is 2.07 bits per heavy atom. The summed E-state index contributed by atoms with van der Waals surface area (Å²) >= 11 is 0. The van der Waals surface area contributed by atoms with Crippen LogP contribution in [0.25, 0.3) is 0 Å². The van der Waals surface area contributed by atoms with E-state index in [0.717, 1.165) is 6.42 Å². The zero-order valence-electron chi connectivity index (χ0n) is 10.00. The fourth-order valence-corrected chi connectivity index (χ4v) is 2.10. The number of benzene rings is 1. The minimum atomic E-state index is 0.670. The molecular weight excluding hydrogens is 180 g/mol. The molecule has 1 aromatic carbocycles. The number of aryl methyl sites for hydroxylation is 1. The first-order valence-electron chi connectivity index (χ1n) is 5.96. The van der Waals surface area contributed by atoms with Crippen molar-refractivity contribution >= 4 is 0 Å². The van der Waals surface area contributed by atoms with E-state index in [-0.39, 0.29) is 0 Å². The van der Waals surface area contributed by atoms with Crippen molar-refractivity contribution in [1.29, 1.82) is 0 Å². The van der Waals surface area contributed by atoms with E-state index in [2.05, 4.69) is 44.7 Å². The van der Waals surface area contributed by atoms with Crippen LogP contribution in [0.15, 0.2) is 36.9 Å². The maximum absolute atomic E-state index is 3.86. The molecule has 0 heteroatoms. The Kier molecular flexibility index (Phi) is 5.17. The maximum Gasteiger partial charge on any atom is -0.0125 e. The van der Waals surface area contributed by atoms with Crippen LogP contribution in [-0.4, -0.2) is 0 Å². The summed E-state index contributed by atoms with van der Waals surface area (Å²) in [4.78, 5) is 0. The van der Waals surface area contributed by atoms with Crippen molar-refractivity contribution in [1.82, 2.24) is 0 Å². The fourth-order valence-electron chi connectivity index (χ4n) is 2.10. The average molecular weight is 202 g/mol. The van der Waals surface area contributed by atoms with Crippen LogP contribution in [0.5, 0.6) is 0 Å². The second-order valence-corrected chi connectivity index (χ2v) is 4.22. The van der Waals surface area contributed by atoms with Crippen LogP contribution in [0, 0.1) is 6.92 Å². The number of hydrogen-bond donors (Lipinski definition) is 0. The molecule has 0 N–H and O–H groups in total. The lowest BCUT2D eigenvalue weighted by Crippen LogP contribution is -2.00. The zero-order chi connectivity index (χ0) is 11.1. The molecule has 0 aromatic heterocycles. The number of rotatable bonds is 6. The van der Waals surface area contributed by atoms with Gasteiger partial charge in [-0.15, -0.1) is 6.58 Å². The minimum Gasteiger partial charge on any atom is -0.103 e. The van der Waals surface area contributed by atoms with Gasteiger partial charge in [0.15, 0.2) is 0 Å². The molecule has 1 atom stereocenters. The van der Waals surface area contributed by atoms with Gasteiger partial charge >= 0.3 is 0 Å². The van der Waals surface area contributed by atoms with Crippen LogP contribution >= 0.6 is 0 Å². The molecule has 1 aromatic rings. The third-order valence-corrected chi connectivity index (χ3v) is 2.99. The van der Waals surface area contributed by atoms with Gasteiger partial charge in [-0.25, -0.2) is 0 Å². The number of allylic oxidation sites excluding steroid dienone is 1. The Morgan fingerprint density at radius 3 is 2.67 bits per heavy atom. The van der Waals surface area contributed by atoms with Gasteiger partial charge in [0.05, 0.1) is 0 Å². The summed E-state index contributed by atoms with van der Waals surface area (Å²) in [5.74, 6) is 0.670. The van der Waals surface area contributed by atoms with Crippen LogP contribution in [-0.2, 0) is 0 Å². The summed E-state index contributed by atoms with van der Waals surface area (Å²) in [6.07, 6.45) is 7.03. The summed E-state index contributed by atoms with van der Waals surface area (Å²) in [6, 6.07) is 8.73. The van der Waals surface area contributed by atoms with E-state index in [0.29, 0.717) is 5.92 Å². The molecule has 0 saturated carbocycles. The molecule has 0 aliphatic heterocycles. The molecule has 0 spiro atoms. The van der Waals surface area contributed by atoms with Crippen molar-refractivity contribution in [2.45, 2.75) is 45.4 Å². The average Bonchev–Trinajstić information content (AvgIpc) is 2.25. The molecule has 0 amide bonds. The lowest BCUT2D eigenvalue weighted by Gasteiger charge is -2.17. The molecule has 0 fully saturated rings. The molecule has 0 aliphatic carbocycles. The van der Waals surface area contributed by atoms with Crippen molar-refractivity contribution in [2.75, 3.05) is 0 Å². The third-order valence-electron chi connectivity index (χ3n) is 2.99. The summed E-state index contributed by atoms with van der Waals surface area (Å²) in [7, 11) is 0. The summed E-state index contributed by atoms with van der Waals surface area (Å²) in [5.41, 5.74) is 2.92. The Bertz CT molecular complexity index is 299. The van der Waals surface area contributed by atoms with Gasteiger partial charge in [0.25, 0.3) is 0 Å². The second kappa shape index (κ2) is 6.44. The Labute approximate surface area is 94.0 Å². The summed E-state index contributed by atoms with van der Waals surface area (Å²) < 4.78 is 0. The summed E-state index contributed by atoms with van der Waals surface area (Å²) in [5, 5.41) is 0. The molecule has 0 nitrogen and oxygen atoms in total. The van der Waals surface area contributed by atoms with E-state index >= 15 is 0 Å². The summed E-state index contributed by atoms with van der Waals surface area (Å²) in [6.45, 7) is 8.32. The van der Waals surface area contributed by atoms with Crippen LogP contribution in [0.2, 0.25) is 0 Å². The van der Waals surface area contributed by atoms with Gasteiger partial charge < -0.3 is 0 Å². The molecule has 15 heavy (non-hydrogen) atoms. The molecule has 0 bridgehead atoms. The zero-order valence-corrected chi connectivity index (χ0v) is 10.00. The Balaban J connectivity index is 2.78. The normalized spacial score (nSPS) is 12.4. The van der Waals surface area contributed by atoms with E-state index in [4.69, 9.17) is 0 Å². The first-order valence-corrected chi connectivity index (χ1v) is 5.96. The second-order valence-electron chi connectivity index (χ2n) is 4.22. The van der Waals surface area contributed by atoms with Gasteiger partial charge in [0, 0.05) is 0 Å². The Hall–Kier alpha value is -1.04. The highest BCUT2D eigenvalue weighted by Crippen LogP contribution is 2.28. The van der Waals surface area contributed by atoms with Crippen molar-refractivity contribution in [3.63, 3.8) is 0 Å². The van der Waals surface area contributed by atoms with Crippen molar-refractivity contribution < 1.29 is 0 Å². The van der Waals surface area contributed by atoms with Crippen LogP contribution in [0.4, 0.5) is 0 Å². The number of unbranched alkanes of at least 4 members (excludes halogenated alkanes) is 1. The lowest BCUT2D eigenvalue weighted by atomic mass is 9.88. The van der Waals surface area contributed by atoms with E-state index in [1.807, 2.05) is 6.08 Å². The predicted octanol–water partition coefficient (Wildman–Crippen LogP) is 4.84. The van der Waals surface area contributed by atoms with Crippen molar-refractivity contribution in [2.24, 2.45) is 0 Å². The molecular formula is C15H22. The fraction of sp³-hybridized carbons (Fsp3) is 0.467. The highest BCUT2D eigenvalue weighted by atomic mass is 14.2. The van der Waals surface area contributed by atoms with Gasteiger partial charge in [-0.05, 0) is 36.8 Å². The van der Waals surface area contributed by atoms with Gasteiger partial charge in [-0.1, -0.05) is 50.1 Å². The minimum absolute atomic E-state index is 0.670. The topological polar surface area (TPSA) is 0 Å².